The zero-order valence-electron chi connectivity index (χ0n) is 15.4. The Balaban J connectivity index is 0.00000338. The maximum Gasteiger partial charge on any atom is 0.191 e. The Morgan fingerprint density at radius 2 is 1.85 bits per heavy atom. The smallest absolute Gasteiger partial charge is 0.191 e. The van der Waals surface area contributed by atoms with E-state index in [2.05, 4.69) is 15.6 Å². The molecule has 1 aromatic heterocycles. The maximum absolute atomic E-state index is 5.35. The highest BCUT2D eigenvalue weighted by atomic mass is 127. The van der Waals surface area contributed by atoms with E-state index in [9.17, 15) is 0 Å². The standard InChI is InChI=1S/C19H27N3O3.HI/c1-23-13-4-11-20-19(21-12-10-18-5-3-14-25-18)22-15-16-6-8-17(24-2)9-7-16;/h3,5-9,14H,4,10-13,15H2,1-2H3,(H2,20,21,22);1H. The quantitative estimate of drug-likeness (QED) is 0.240. The summed E-state index contributed by atoms with van der Waals surface area (Å²) in [5.74, 6) is 2.60. The van der Waals surface area contributed by atoms with Crippen LogP contribution in [0.3, 0.4) is 0 Å². The summed E-state index contributed by atoms with van der Waals surface area (Å²) in [7, 11) is 3.37. The molecule has 6 nitrogen and oxygen atoms in total. The Morgan fingerprint density at radius 3 is 2.50 bits per heavy atom. The van der Waals surface area contributed by atoms with Crippen molar-refractivity contribution in [3.8, 4) is 5.75 Å². The van der Waals surface area contributed by atoms with Crippen LogP contribution in [-0.2, 0) is 17.7 Å². The molecule has 0 amide bonds. The minimum absolute atomic E-state index is 0. The van der Waals surface area contributed by atoms with Crippen molar-refractivity contribution in [2.75, 3.05) is 33.9 Å². The second-order valence-corrected chi connectivity index (χ2v) is 5.54. The molecule has 0 radical (unpaired) electrons. The van der Waals surface area contributed by atoms with Gasteiger partial charge in [0, 0.05) is 33.2 Å². The van der Waals surface area contributed by atoms with Crippen LogP contribution in [0, 0.1) is 0 Å². The Hall–Kier alpha value is -1.74. The van der Waals surface area contributed by atoms with E-state index in [0.717, 1.165) is 55.6 Å². The van der Waals surface area contributed by atoms with Crippen LogP contribution < -0.4 is 15.4 Å². The number of furan rings is 1. The monoisotopic (exact) mass is 473 g/mol. The van der Waals surface area contributed by atoms with Crippen molar-refractivity contribution in [2.24, 2.45) is 4.99 Å². The topological polar surface area (TPSA) is 68.0 Å². The van der Waals surface area contributed by atoms with Crippen molar-refractivity contribution < 1.29 is 13.9 Å². The zero-order valence-corrected chi connectivity index (χ0v) is 17.7. The largest absolute Gasteiger partial charge is 0.497 e. The highest BCUT2D eigenvalue weighted by Crippen LogP contribution is 2.11. The summed E-state index contributed by atoms with van der Waals surface area (Å²) in [4.78, 5) is 4.65. The average Bonchev–Trinajstić information content (AvgIpc) is 3.16. The number of halogens is 1. The summed E-state index contributed by atoms with van der Waals surface area (Å²) in [5, 5.41) is 6.67. The van der Waals surface area contributed by atoms with Gasteiger partial charge in [-0.25, -0.2) is 4.99 Å². The third-order valence-corrected chi connectivity index (χ3v) is 3.64. The first kappa shape index (κ1) is 22.3. The highest BCUT2D eigenvalue weighted by molar-refractivity contribution is 14.0. The number of methoxy groups -OCH3 is 2. The molecular weight excluding hydrogens is 445 g/mol. The third-order valence-electron chi connectivity index (χ3n) is 3.64. The van der Waals surface area contributed by atoms with E-state index < -0.39 is 0 Å². The fourth-order valence-corrected chi connectivity index (χ4v) is 2.26. The normalized spacial score (nSPS) is 10.9. The minimum atomic E-state index is 0. The van der Waals surface area contributed by atoms with Crippen molar-refractivity contribution in [2.45, 2.75) is 19.4 Å². The molecular formula is C19H28IN3O3. The molecule has 0 atom stereocenters. The predicted molar refractivity (Wildman–Crippen MR) is 114 cm³/mol. The molecule has 0 fully saturated rings. The SMILES string of the molecule is COCCCNC(=NCc1ccc(OC)cc1)NCCc1ccco1.I. The summed E-state index contributed by atoms with van der Waals surface area (Å²) < 4.78 is 15.6. The Morgan fingerprint density at radius 1 is 1.08 bits per heavy atom. The van der Waals surface area contributed by atoms with Gasteiger partial charge in [0.1, 0.15) is 11.5 Å². The first-order chi connectivity index (χ1) is 12.3. The van der Waals surface area contributed by atoms with Crippen molar-refractivity contribution in [1.82, 2.24) is 10.6 Å². The van der Waals surface area contributed by atoms with Gasteiger partial charge in [-0.05, 0) is 36.2 Å². The van der Waals surface area contributed by atoms with Gasteiger partial charge >= 0.3 is 0 Å². The van der Waals surface area contributed by atoms with Crippen LogP contribution in [0.25, 0.3) is 0 Å². The van der Waals surface area contributed by atoms with Crippen molar-refractivity contribution in [1.29, 1.82) is 0 Å². The van der Waals surface area contributed by atoms with E-state index in [1.807, 2.05) is 36.4 Å². The van der Waals surface area contributed by atoms with Crippen LogP contribution in [0.4, 0.5) is 0 Å². The van der Waals surface area contributed by atoms with Crippen LogP contribution in [-0.4, -0.2) is 39.9 Å². The molecule has 144 valence electrons. The van der Waals surface area contributed by atoms with Crippen LogP contribution in [0.2, 0.25) is 0 Å². The van der Waals surface area contributed by atoms with Gasteiger partial charge in [-0.2, -0.15) is 0 Å². The molecule has 26 heavy (non-hydrogen) atoms. The van der Waals surface area contributed by atoms with E-state index in [0.29, 0.717) is 6.54 Å². The molecule has 7 heteroatoms. The minimum Gasteiger partial charge on any atom is -0.497 e. The van der Waals surface area contributed by atoms with Crippen LogP contribution in [0.15, 0.2) is 52.1 Å². The maximum atomic E-state index is 5.35. The van der Waals surface area contributed by atoms with Crippen molar-refractivity contribution >= 4 is 29.9 Å². The first-order valence-electron chi connectivity index (χ1n) is 8.48. The van der Waals surface area contributed by atoms with Gasteiger partial charge in [0.05, 0.1) is 19.9 Å². The van der Waals surface area contributed by atoms with Crippen LogP contribution in [0.1, 0.15) is 17.7 Å². The molecule has 0 spiro atoms. The van der Waals surface area contributed by atoms with Gasteiger partial charge in [-0.3, -0.25) is 0 Å². The summed E-state index contributed by atoms with van der Waals surface area (Å²) in [6.45, 7) is 2.89. The Kier molecular flexibility index (Phi) is 11.5. The molecule has 0 saturated heterocycles. The molecule has 0 aliphatic heterocycles. The molecule has 0 saturated carbocycles. The van der Waals surface area contributed by atoms with E-state index >= 15 is 0 Å². The Labute approximate surface area is 172 Å². The fraction of sp³-hybridized carbons (Fsp3) is 0.421. The van der Waals surface area contributed by atoms with E-state index in [1.54, 1.807) is 20.5 Å². The van der Waals surface area contributed by atoms with Gasteiger partial charge in [-0.1, -0.05) is 12.1 Å². The molecule has 0 bridgehead atoms. The van der Waals surface area contributed by atoms with Crippen LogP contribution in [0.5, 0.6) is 5.75 Å². The van der Waals surface area contributed by atoms with Crippen LogP contribution >= 0.6 is 24.0 Å². The number of hydrogen-bond acceptors (Lipinski definition) is 4. The van der Waals surface area contributed by atoms with E-state index in [-0.39, 0.29) is 24.0 Å². The highest BCUT2D eigenvalue weighted by Gasteiger charge is 2.01. The molecule has 0 unspecified atom stereocenters. The first-order valence-corrected chi connectivity index (χ1v) is 8.48. The third kappa shape index (κ3) is 8.57. The number of ether oxygens (including phenoxy) is 2. The van der Waals surface area contributed by atoms with Gasteiger partial charge in [0.2, 0.25) is 0 Å². The lowest BCUT2D eigenvalue weighted by Crippen LogP contribution is -2.39. The number of nitrogens with zero attached hydrogens (tertiary/aromatic N) is 1. The second kappa shape index (κ2) is 13.5. The van der Waals surface area contributed by atoms with Gasteiger partial charge in [0.15, 0.2) is 5.96 Å². The summed E-state index contributed by atoms with van der Waals surface area (Å²) in [6, 6.07) is 11.8. The number of guanidine groups is 1. The van der Waals surface area contributed by atoms with Gasteiger partial charge in [0.25, 0.3) is 0 Å². The zero-order chi connectivity index (χ0) is 17.7. The molecule has 0 aliphatic rings. The predicted octanol–water partition coefficient (Wildman–Crippen LogP) is 3.22. The molecule has 1 heterocycles. The number of nitrogens with one attached hydrogen (secondary N) is 2. The van der Waals surface area contributed by atoms with Gasteiger partial charge < -0.3 is 24.5 Å². The summed E-state index contributed by atoms with van der Waals surface area (Å²) >= 11 is 0. The number of rotatable bonds is 10. The lowest BCUT2D eigenvalue weighted by molar-refractivity contribution is 0.195. The second-order valence-electron chi connectivity index (χ2n) is 5.54. The lowest BCUT2D eigenvalue weighted by atomic mass is 10.2. The summed E-state index contributed by atoms with van der Waals surface area (Å²) in [6.07, 6.45) is 3.43. The van der Waals surface area contributed by atoms with Gasteiger partial charge in [-0.15, -0.1) is 24.0 Å². The molecule has 2 rings (SSSR count). The van der Waals surface area contributed by atoms with E-state index in [4.69, 9.17) is 13.9 Å². The van der Waals surface area contributed by atoms with Crippen molar-refractivity contribution in [3.05, 3.63) is 54.0 Å². The molecule has 1 aromatic carbocycles. The average molecular weight is 473 g/mol. The van der Waals surface area contributed by atoms with Crippen molar-refractivity contribution in [3.63, 3.8) is 0 Å². The molecule has 2 aromatic rings. The number of benzene rings is 1. The molecule has 2 N–H and O–H groups in total. The fourth-order valence-electron chi connectivity index (χ4n) is 2.26. The van der Waals surface area contributed by atoms with E-state index in [1.165, 1.54) is 0 Å². The number of hydrogen-bond donors (Lipinski definition) is 2. The lowest BCUT2D eigenvalue weighted by Gasteiger charge is -2.12. The Bertz CT molecular complexity index is 615. The summed E-state index contributed by atoms with van der Waals surface area (Å²) in [5.41, 5.74) is 1.13. The number of aliphatic imine (C=N–C) groups is 1. The molecule has 0 aliphatic carbocycles.